The van der Waals surface area contributed by atoms with Gasteiger partial charge in [0.25, 0.3) is 0 Å². The lowest BCUT2D eigenvalue weighted by molar-refractivity contribution is 0.0696. The molecule has 0 aromatic heterocycles. The third-order valence-corrected chi connectivity index (χ3v) is 3.79. The molecule has 0 amide bonds. The number of ether oxygens (including phenoxy) is 2. The fraction of sp³-hybridized carbons (Fsp3) is 0.235. The van der Waals surface area contributed by atoms with Crippen LogP contribution in [0.15, 0.2) is 30.3 Å². The zero-order chi connectivity index (χ0) is 17.0. The second kappa shape index (κ2) is 7.33. The Labute approximate surface area is 138 Å². The molecule has 23 heavy (non-hydrogen) atoms. The molecule has 0 spiro atoms. The second-order valence-electron chi connectivity index (χ2n) is 5.02. The average Bonchev–Trinajstić information content (AvgIpc) is 2.50. The van der Waals surface area contributed by atoms with Crippen molar-refractivity contribution in [1.82, 2.24) is 0 Å². The Morgan fingerprint density at radius 1 is 1.13 bits per heavy atom. The molecular weight excluding hydrogens is 323 g/mol. The lowest BCUT2D eigenvalue weighted by atomic mass is 10.1. The van der Waals surface area contributed by atoms with Crippen LogP contribution in [0.4, 0.5) is 4.39 Å². The number of carbonyl (C=O) groups is 1. The fourth-order valence-electron chi connectivity index (χ4n) is 2.05. The number of aromatic carboxylic acids is 1. The number of hydrogen-bond acceptors (Lipinski definition) is 3. The van der Waals surface area contributed by atoms with Crippen LogP contribution in [-0.2, 0) is 0 Å². The van der Waals surface area contributed by atoms with E-state index in [0.29, 0.717) is 10.8 Å². The molecule has 0 heterocycles. The first-order valence-corrected chi connectivity index (χ1v) is 7.31. The van der Waals surface area contributed by atoms with Gasteiger partial charge >= 0.3 is 5.97 Å². The maximum absolute atomic E-state index is 13.7. The van der Waals surface area contributed by atoms with Crippen LogP contribution in [0.3, 0.4) is 0 Å². The molecule has 0 saturated carbocycles. The predicted octanol–water partition coefficient (Wildman–Crippen LogP) is 4.25. The topological polar surface area (TPSA) is 55.8 Å². The van der Waals surface area contributed by atoms with Crippen LogP contribution < -0.4 is 9.47 Å². The van der Waals surface area contributed by atoms with Crippen molar-refractivity contribution >= 4 is 17.6 Å². The van der Waals surface area contributed by atoms with Gasteiger partial charge in [0, 0.05) is 5.02 Å². The Morgan fingerprint density at radius 3 is 2.30 bits per heavy atom. The first-order valence-electron chi connectivity index (χ1n) is 6.93. The third-order valence-electron chi connectivity index (χ3n) is 3.20. The summed E-state index contributed by atoms with van der Waals surface area (Å²) >= 11 is 6.08. The largest absolute Gasteiger partial charge is 0.490 e. The Hall–Kier alpha value is -2.27. The van der Waals surface area contributed by atoms with Crippen molar-refractivity contribution in [2.24, 2.45) is 0 Å². The predicted molar refractivity (Wildman–Crippen MR) is 85.3 cm³/mol. The van der Waals surface area contributed by atoms with Crippen LogP contribution in [-0.4, -0.2) is 24.3 Å². The molecule has 0 aliphatic heterocycles. The summed E-state index contributed by atoms with van der Waals surface area (Å²) in [5, 5.41) is 9.47. The molecule has 4 nitrogen and oxygen atoms in total. The minimum Gasteiger partial charge on any atom is -0.490 e. The third kappa shape index (κ3) is 4.36. The number of hydrogen-bond donors (Lipinski definition) is 1. The number of carboxylic acid groups (broad SMARTS) is 1. The van der Waals surface area contributed by atoms with Crippen LogP contribution in [0.25, 0.3) is 0 Å². The zero-order valence-electron chi connectivity index (χ0n) is 12.7. The van der Waals surface area contributed by atoms with Gasteiger partial charge in [0.05, 0.1) is 5.56 Å². The van der Waals surface area contributed by atoms with Crippen molar-refractivity contribution in [3.8, 4) is 11.5 Å². The molecule has 2 aromatic rings. The summed E-state index contributed by atoms with van der Waals surface area (Å²) in [5.41, 5.74) is 1.70. The molecule has 122 valence electrons. The first-order chi connectivity index (χ1) is 10.9. The Bertz CT molecular complexity index is 708. The monoisotopic (exact) mass is 338 g/mol. The van der Waals surface area contributed by atoms with Crippen LogP contribution in [0.2, 0.25) is 5.02 Å². The number of halogens is 2. The van der Waals surface area contributed by atoms with Crippen molar-refractivity contribution < 1.29 is 23.8 Å². The molecule has 1 N–H and O–H groups in total. The van der Waals surface area contributed by atoms with E-state index in [9.17, 15) is 9.18 Å². The highest BCUT2D eigenvalue weighted by molar-refractivity contribution is 6.32. The van der Waals surface area contributed by atoms with Gasteiger partial charge in [-0.3, -0.25) is 0 Å². The molecule has 0 aliphatic carbocycles. The SMILES string of the molecule is Cc1cc(OCCOc2ccc(C(=O)O)cc2F)cc(C)c1Cl. The van der Waals surface area contributed by atoms with Gasteiger partial charge in [-0.1, -0.05) is 11.6 Å². The zero-order valence-corrected chi connectivity index (χ0v) is 13.5. The van der Waals surface area contributed by atoms with Gasteiger partial charge < -0.3 is 14.6 Å². The maximum atomic E-state index is 13.7. The minimum atomic E-state index is -1.19. The molecule has 2 aromatic carbocycles. The highest BCUT2D eigenvalue weighted by atomic mass is 35.5. The molecule has 0 bridgehead atoms. The van der Waals surface area contributed by atoms with Gasteiger partial charge in [0.15, 0.2) is 11.6 Å². The normalized spacial score (nSPS) is 10.4. The molecule has 6 heteroatoms. The molecule has 0 radical (unpaired) electrons. The van der Waals surface area contributed by atoms with Crippen LogP contribution >= 0.6 is 11.6 Å². The van der Waals surface area contributed by atoms with Gasteiger partial charge in [-0.25, -0.2) is 9.18 Å². The van der Waals surface area contributed by atoms with Crippen LogP contribution in [0, 0.1) is 19.7 Å². The lowest BCUT2D eigenvalue weighted by Gasteiger charge is -2.11. The minimum absolute atomic E-state index is 0.0120. The van der Waals surface area contributed by atoms with Crippen molar-refractivity contribution in [3.05, 3.63) is 57.9 Å². The number of rotatable bonds is 6. The lowest BCUT2D eigenvalue weighted by Crippen LogP contribution is -2.10. The summed E-state index contributed by atoms with van der Waals surface area (Å²) in [6.07, 6.45) is 0. The quantitative estimate of drug-likeness (QED) is 0.800. The van der Waals surface area contributed by atoms with Gasteiger partial charge in [-0.15, -0.1) is 0 Å². The number of aryl methyl sites for hydroxylation is 2. The summed E-state index contributed by atoms with van der Waals surface area (Å²) in [6.45, 7) is 4.13. The van der Waals surface area contributed by atoms with Crippen molar-refractivity contribution in [2.45, 2.75) is 13.8 Å². The van der Waals surface area contributed by atoms with Gasteiger partial charge in [0.1, 0.15) is 19.0 Å². The maximum Gasteiger partial charge on any atom is 0.335 e. The average molecular weight is 339 g/mol. The number of benzene rings is 2. The Kier molecular flexibility index (Phi) is 5.45. The van der Waals surface area contributed by atoms with E-state index < -0.39 is 11.8 Å². The fourth-order valence-corrected chi connectivity index (χ4v) is 2.16. The standard InChI is InChI=1S/C17H16ClFO4/c1-10-7-13(8-11(2)16(10)18)22-5-6-23-15-4-3-12(17(20)21)9-14(15)19/h3-4,7-9H,5-6H2,1-2H3,(H,20,21). The molecule has 0 saturated heterocycles. The molecule has 2 rings (SSSR count). The Balaban J connectivity index is 1.90. The van der Waals surface area contributed by atoms with Gasteiger partial charge in [-0.2, -0.15) is 0 Å². The van der Waals surface area contributed by atoms with E-state index in [0.717, 1.165) is 17.2 Å². The summed E-state index contributed by atoms with van der Waals surface area (Å²) < 4.78 is 24.5. The van der Waals surface area contributed by atoms with Gasteiger partial charge in [0.2, 0.25) is 0 Å². The molecule has 0 atom stereocenters. The highest BCUT2D eigenvalue weighted by Crippen LogP contribution is 2.26. The summed E-state index contributed by atoms with van der Waals surface area (Å²) in [6, 6.07) is 7.13. The molecule has 0 aliphatic rings. The van der Waals surface area contributed by atoms with Crippen molar-refractivity contribution in [3.63, 3.8) is 0 Å². The highest BCUT2D eigenvalue weighted by Gasteiger charge is 2.09. The Morgan fingerprint density at radius 2 is 1.74 bits per heavy atom. The van der Waals surface area contributed by atoms with Crippen LogP contribution in [0.1, 0.15) is 21.5 Å². The molecular formula is C17H16ClFO4. The smallest absolute Gasteiger partial charge is 0.335 e. The van der Waals surface area contributed by atoms with E-state index in [2.05, 4.69) is 0 Å². The van der Waals surface area contributed by atoms with Gasteiger partial charge in [-0.05, 0) is 55.3 Å². The van der Waals surface area contributed by atoms with E-state index in [1.165, 1.54) is 12.1 Å². The molecule has 0 fully saturated rings. The van der Waals surface area contributed by atoms with Crippen LogP contribution in [0.5, 0.6) is 11.5 Å². The summed E-state index contributed by atoms with van der Waals surface area (Å²) in [5.74, 6) is -1.26. The second-order valence-corrected chi connectivity index (χ2v) is 5.40. The molecule has 0 unspecified atom stereocenters. The van der Waals surface area contributed by atoms with E-state index in [1.807, 2.05) is 26.0 Å². The van der Waals surface area contributed by atoms with E-state index in [-0.39, 0.29) is 24.5 Å². The van der Waals surface area contributed by atoms with Crippen molar-refractivity contribution in [2.75, 3.05) is 13.2 Å². The number of carboxylic acids is 1. The first kappa shape index (κ1) is 17.1. The summed E-state index contributed by atoms with van der Waals surface area (Å²) in [7, 11) is 0. The van der Waals surface area contributed by atoms with E-state index in [4.69, 9.17) is 26.2 Å². The summed E-state index contributed by atoms with van der Waals surface area (Å²) in [4.78, 5) is 10.7. The van der Waals surface area contributed by atoms with E-state index in [1.54, 1.807) is 0 Å². The van der Waals surface area contributed by atoms with E-state index >= 15 is 0 Å². The van der Waals surface area contributed by atoms with Crippen molar-refractivity contribution in [1.29, 1.82) is 0 Å².